The van der Waals surface area contributed by atoms with Crippen LogP contribution >= 0.6 is 23.2 Å². The standard InChI is InChI=1S/C10H10Cl2F4O2/c1-8(2)3-5(8)7(17)18-4-6(11)9(13,14)10(12,15)16/h4-5H,3H2,1-2H3. The molecular formula is C10H10Cl2F4O2. The van der Waals surface area contributed by atoms with E-state index in [1.807, 2.05) is 0 Å². The maximum absolute atomic E-state index is 12.9. The Morgan fingerprint density at radius 2 is 1.83 bits per heavy atom. The zero-order valence-electron chi connectivity index (χ0n) is 9.45. The summed E-state index contributed by atoms with van der Waals surface area (Å²) in [6.45, 7) is 3.57. The number of hydrogen-bond donors (Lipinski definition) is 0. The van der Waals surface area contributed by atoms with E-state index in [9.17, 15) is 22.4 Å². The average Bonchev–Trinajstić information content (AvgIpc) is 2.81. The summed E-state index contributed by atoms with van der Waals surface area (Å²) >= 11 is 9.17. The normalized spacial score (nSPS) is 23.8. The van der Waals surface area contributed by atoms with Crippen LogP contribution in [-0.2, 0) is 9.53 Å². The first kappa shape index (κ1) is 15.6. The van der Waals surface area contributed by atoms with Crippen molar-refractivity contribution < 1.29 is 27.1 Å². The third kappa shape index (κ3) is 3.09. The molecule has 0 saturated heterocycles. The van der Waals surface area contributed by atoms with Gasteiger partial charge in [0.1, 0.15) is 11.3 Å². The maximum Gasteiger partial charge on any atom is 0.389 e. The van der Waals surface area contributed by atoms with Crippen LogP contribution in [0.25, 0.3) is 0 Å². The first-order chi connectivity index (χ1) is 7.89. The fourth-order valence-corrected chi connectivity index (χ4v) is 1.58. The highest BCUT2D eigenvalue weighted by Crippen LogP contribution is 2.52. The fourth-order valence-electron chi connectivity index (χ4n) is 1.27. The van der Waals surface area contributed by atoms with E-state index in [-0.39, 0.29) is 11.7 Å². The summed E-state index contributed by atoms with van der Waals surface area (Å²) in [5.74, 6) is -6.02. The monoisotopic (exact) mass is 308 g/mol. The average molecular weight is 309 g/mol. The minimum Gasteiger partial charge on any atom is -0.433 e. The van der Waals surface area contributed by atoms with Gasteiger partial charge in [0, 0.05) is 0 Å². The summed E-state index contributed by atoms with van der Waals surface area (Å²) in [6.07, 6.45) is 0.647. The van der Waals surface area contributed by atoms with E-state index in [2.05, 4.69) is 16.3 Å². The molecule has 8 heteroatoms. The van der Waals surface area contributed by atoms with Crippen molar-refractivity contribution in [2.75, 3.05) is 0 Å². The van der Waals surface area contributed by atoms with E-state index in [1.54, 1.807) is 13.8 Å². The summed E-state index contributed by atoms with van der Waals surface area (Å²) in [5, 5.41) is -6.49. The number of hydrogen-bond acceptors (Lipinski definition) is 2. The number of esters is 1. The number of carbonyl (C=O) groups excluding carboxylic acids is 1. The van der Waals surface area contributed by atoms with Gasteiger partial charge in [0.05, 0.1) is 5.92 Å². The lowest BCUT2D eigenvalue weighted by Crippen LogP contribution is -2.35. The first-order valence-electron chi connectivity index (χ1n) is 4.91. The molecule has 0 amide bonds. The van der Waals surface area contributed by atoms with Crippen LogP contribution in [0.15, 0.2) is 11.3 Å². The van der Waals surface area contributed by atoms with Crippen molar-refractivity contribution in [2.45, 2.75) is 31.6 Å². The molecule has 0 aromatic carbocycles. The van der Waals surface area contributed by atoms with E-state index >= 15 is 0 Å². The summed E-state index contributed by atoms with van der Waals surface area (Å²) in [7, 11) is 0. The molecule has 1 saturated carbocycles. The number of rotatable bonds is 4. The summed E-state index contributed by atoms with van der Waals surface area (Å²) in [5.41, 5.74) is -0.268. The Balaban J connectivity index is 2.66. The van der Waals surface area contributed by atoms with Crippen LogP contribution in [0, 0.1) is 11.3 Å². The zero-order chi connectivity index (χ0) is 14.4. The molecule has 0 radical (unpaired) electrons. The molecule has 0 bridgehead atoms. The molecular weight excluding hydrogens is 299 g/mol. The Hall–Kier alpha value is -0.490. The van der Waals surface area contributed by atoms with Crippen molar-refractivity contribution in [1.82, 2.24) is 0 Å². The number of allylic oxidation sites excluding steroid dienone is 1. The fraction of sp³-hybridized carbons (Fsp3) is 0.700. The van der Waals surface area contributed by atoms with Gasteiger partial charge in [-0.25, -0.2) is 0 Å². The van der Waals surface area contributed by atoms with E-state index in [0.717, 1.165) is 0 Å². The maximum atomic E-state index is 12.9. The quantitative estimate of drug-likeness (QED) is 0.338. The van der Waals surface area contributed by atoms with E-state index in [1.165, 1.54) is 0 Å². The van der Waals surface area contributed by atoms with Crippen LogP contribution in [0.4, 0.5) is 17.6 Å². The molecule has 104 valence electrons. The summed E-state index contributed by atoms with van der Waals surface area (Å²) in [4.78, 5) is 11.3. The largest absolute Gasteiger partial charge is 0.433 e. The Kier molecular flexibility index (Phi) is 3.94. The van der Waals surface area contributed by atoms with Crippen molar-refractivity contribution in [3.8, 4) is 0 Å². The Bertz CT molecular complexity index is 388. The molecule has 0 spiro atoms. The van der Waals surface area contributed by atoms with Gasteiger partial charge in [-0.3, -0.25) is 4.79 Å². The van der Waals surface area contributed by atoms with Crippen molar-refractivity contribution in [3.05, 3.63) is 11.3 Å². The lowest BCUT2D eigenvalue weighted by atomic mass is 10.1. The first-order valence-corrected chi connectivity index (χ1v) is 5.66. The van der Waals surface area contributed by atoms with Gasteiger partial charge in [-0.05, 0) is 23.4 Å². The second kappa shape index (κ2) is 4.56. The SMILES string of the molecule is CC1(C)CC1C(=O)OC=C(Cl)C(F)(F)C(F)(F)Cl. The highest BCUT2D eigenvalue weighted by Gasteiger charge is 2.58. The van der Waals surface area contributed by atoms with Crippen LogP contribution in [0.2, 0.25) is 0 Å². The van der Waals surface area contributed by atoms with Gasteiger partial charge in [0.25, 0.3) is 0 Å². The Morgan fingerprint density at radius 3 is 2.17 bits per heavy atom. The number of alkyl halides is 5. The van der Waals surface area contributed by atoms with Gasteiger partial charge in [-0.1, -0.05) is 25.4 Å². The third-order valence-corrected chi connectivity index (χ3v) is 3.30. The smallest absolute Gasteiger partial charge is 0.389 e. The topological polar surface area (TPSA) is 26.3 Å². The molecule has 2 nitrogen and oxygen atoms in total. The predicted molar refractivity (Wildman–Crippen MR) is 57.7 cm³/mol. The van der Waals surface area contributed by atoms with Crippen LogP contribution in [0.1, 0.15) is 20.3 Å². The van der Waals surface area contributed by atoms with Gasteiger partial charge in [0.15, 0.2) is 0 Å². The molecule has 0 aromatic heterocycles. The van der Waals surface area contributed by atoms with Crippen molar-refractivity contribution in [3.63, 3.8) is 0 Å². The lowest BCUT2D eigenvalue weighted by Gasteiger charge is -2.19. The highest BCUT2D eigenvalue weighted by atomic mass is 35.5. The van der Waals surface area contributed by atoms with Gasteiger partial charge >= 0.3 is 17.3 Å². The van der Waals surface area contributed by atoms with Crippen molar-refractivity contribution in [1.29, 1.82) is 0 Å². The Morgan fingerprint density at radius 1 is 1.39 bits per heavy atom. The molecule has 1 unspecified atom stereocenters. The molecule has 1 atom stereocenters. The number of ether oxygens (including phenoxy) is 1. The molecule has 0 N–H and O–H groups in total. The molecule has 0 aliphatic heterocycles. The van der Waals surface area contributed by atoms with Crippen LogP contribution in [-0.4, -0.2) is 17.3 Å². The van der Waals surface area contributed by atoms with Crippen molar-refractivity contribution >= 4 is 29.2 Å². The van der Waals surface area contributed by atoms with Gasteiger partial charge in [-0.15, -0.1) is 0 Å². The Labute approximate surface area is 111 Å². The van der Waals surface area contributed by atoms with Gasteiger partial charge < -0.3 is 4.74 Å². The van der Waals surface area contributed by atoms with E-state index in [4.69, 9.17) is 11.6 Å². The predicted octanol–water partition coefficient (Wildman–Crippen LogP) is 4.12. The van der Waals surface area contributed by atoms with E-state index in [0.29, 0.717) is 6.42 Å². The minimum atomic E-state index is -4.86. The molecule has 1 fully saturated rings. The van der Waals surface area contributed by atoms with Crippen LogP contribution < -0.4 is 0 Å². The molecule has 18 heavy (non-hydrogen) atoms. The van der Waals surface area contributed by atoms with Crippen LogP contribution in [0.5, 0.6) is 0 Å². The second-order valence-corrected chi connectivity index (χ2v) is 5.60. The third-order valence-electron chi connectivity index (χ3n) is 2.73. The number of halogens is 6. The molecule has 1 rings (SSSR count). The van der Waals surface area contributed by atoms with Gasteiger partial charge in [-0.2, -0.15) is 17.6 Å². The lowest BCUT2D eigenvalue weighted by molar-refractivity contribution is -0.142. The van der Waals surface area contributed by atoms with Crippen LogP contribution in [0.3, 0.4) is 0 Å². The highest BCUT2D eigenvalue weighted by molar-refractivity contribution is 6.32. The summed E-state index contributed by atoms with van der Waals surface area (Å²) < 4.78 is 54.7. The summed E-state index contributed by atoms with van der Waals surface area (Å²) in [6, 6.07) is 0. The molecule has 1 aliphatic carbocycles. The van der Waals surface area contributed by atoms with E-state index < -0.39 is 28.2 Å². The second-order valence-electron chi connectivity index (χ2n) is 4.72. The number of carbonyl (C=O) groups is 1. The van der Waals surface area contributed by atoms with Crippen molar-refractivity contribution in [2.24, 2.45) is 11.3 Å². The molecule has 0 heterocycles. The van der Waals surface area contributed by atoms with Gasteiger partial charge in [0.2, 0.25) is 0 Å². The molecule has 0 aromatic rings. The zero-order valence-corrected chi connectivity index (χ0v) is 11.0. The molecule has 1 aliphatic rings. The minimum absolute atomic E-state index is 0.106.